The summed E-state index contributed by atoms with van der Waals surface area (Å²) in [6.07, 6.45) is 1.52. The average molecular weight is 293 g/mol. The average Bonchev–Trinajstić information content (AvgIpc) is 2.43. The maximum atomic E-state index is 11.7. The van der Waals surface area contributed by atoms with Gasteiger partial charge in [0, 0.05) is 18.8 Å². The largest absolute Gasteiger partial charge is 0.336 e. The van der Waals surface area contributed by atoms with Crippen LogP contribution in [0.15, 0.2) is 47.4 Å². The molecular formula is C13H13ClN4O2. The summed E-state index contributed by atoms with van der Waals surface area (Å²) in [6, 6.07) is 9.53. The molecular weight excluding hydrogens is 280 g/mol. The predicted octanol–water partition coefficient (Wildman–Crippen LogP) is 1.72. The summed E-state index contributed by atoms with van der Waals surface area (Å²) in [4.78, 5) is 23.0. The van der Waals surface area contributed by atoms with Gasteiger partial charge in [-0.25, -0.2) is 9.48 Å². The van der Waals surface area contributed by atoms with Gasteiger partial charge in [0.2, 0.25) is 0 Å². The molecule has 0 unspecified atom stereocenters. The third-order valence-electron chi connectivity index (χ3n) is 2.52. The SMILES string of the molecule is O=C(NCCn1ncccc1=O)Nc1ccccc1Cl. The molecule has 2 amide bonds. The molecule has 104 valence electrons. The normalized spacial score (nSPS) is 10.1. The number of amides is 2. The molecule has 1 aromatic heterocycles. The summed E-state index contributed by atoms with van der Waals surface area (Å²) in [5.41, 5.74) is 0.322. The third-order valence-corrected chi connectivity index (χ3v) is 2.85. The molecule has 1 aromatic carbocycles. The first-order valence-corrected chi connectivity index (χ1v) is 6.36. The predicted molar refractivity (Wildman–Crippen MR) is 77.0 cm³/mol. The second-order valence-electron chi connectivity index (χ2n) is 3.95. The van der Waals surface area contributed by atoms with Crippen LogP contribution < -0.4 is 16.2 Å². The maximum absolute atomic E-state index is 11.7. The molecule has 7 heteroatoms. The lowest BCUT2D eigenvalue weighted by Crippen LogP contribution is -2.34. The lowest BCUT2D eigenvalue weighted by atomic mass is 10.3. The van der Waals surface area contributed by atoms with Crippen molar-refractivity contribution >= 4 is 23.3 Å². The molecule has 2 aromatic rings. The molecule has 0 saturated carbocycles. The van der Waals surface area contributed by atoms with Crippen molar-refractivity contribution in [3.8, 4) is 0 Å². The standard InChI is InChI=1S/C13H13ClN4O2/c14-10-4-1-2-5-11(10)17-13(20)15-8-9-18-12(19)6-3-7-16-18/h1-7H,8-9H2,(H2,15,17,20). The minimum atomic E-state index is -0.387. The second kappa shape index (κ2) is 6.72. The van der Waals surface area contributed by atoms with Crippen LogP contribution in [-0.4, -0.2) is 22.4 Å². The molecule has 0 saturated heterocycles. The molecule has 0 radical (unpaired) electrons. The molecule has 0 aliphatic carbocycles. The van der Waals surface area contributed by atoms with E-state index in [0.29, 0.717) is 17.3 Å². The summed E-state index contributed by atoms with van der Waals surface area (Å²) >= 11 is 5.92. The van der Waals surface area contributed by atoms with E-state index in [1.54, 1.807) is 30.3 Å². The van der Waals surface area contributed by atoms with Crippen LogP contribution >= 0.6 is 11.6 Å². The number of nitrogens with one attached hydrogen (secondary N) is 2. The summed E-state index contributed by atoms with van der Waals surface area (Å²) in [5, 5.41) is 9.59. The van der Waals surface area contributed by atoms with Crippen molar-refractivity contribution in [3.05, 3.63) is 58.0 Å². The van der Waals surface area contributed by atoms with Gasteiger partial charge in [-0.1, -0.05) is 23.7 Å². The molecule has 0 bridgehead atoms. The number of urea groups is 1. The third kappa shape index (κ3) is 3.83. The Morgan fingerprint density at radius 2 is 2.05 bits per heavy atom. The van der Waals surface area contributed by atoms with Crippen molar-refractivity contribution in [2.75, 3.05) is 11.9 Å². The second-order valence-corrected chi connectivity index (χ2v) is 4.35. The fraction of sp³-hybridized carbons (Fsp3) is 0.154. The minimum absolute atomic E-state index is 0.208. The fourth-order valence-corrected chi connectivity index (χ4v) is 1.74. The van der Waals surface area contributed by atoms with Crippen molar-refractivity contribution in [2.45, 2.75) is 6.54 Å². The number of benzene rings is 1. The van der Waals surface area contributed by atoms with Crippen LogP contribution in [0.25, 0.3) is 0 Å². The number of hydrogen-bond donors (Lipinski definition) is 2. The molecule has 0 atom stereocenters. The molecule has 0 aliphatic rings. The zero-order valence-electron chi connectivity index (χ0n) is 10.5. The number of rotatable bonds is 4. The van der Waals surface area contributed by atoms with Crippen LogP contribution in [-0.2, 0) is 6.54 Å². The summed E-state index contributed by atoms with van der Waals surface area (Å²) < 4.78 is 1.27. The highest BCUT2D eigenvalue weighted by Gasteiger charge is 2.04. The van der Waals surface area contributed by atoms with E-state index in [2.05, 4.69) is 15.7 Å². The number of aromatic nitrogens is 2. The van der Waals surface area contributed by atoms with Gasteiger partial charge in [-0.3, -0.25) is 4.79 Å². The molecule has 0 aliphatic heterocycles. The fourth-order valence-electron chi connectivity index (χ4n) is 1.56. The molecule has 2 rings (SSSR count). The molecule has 0 fully saturated rings. The Morgan fingerprint density at radius 1 is 1.25 bits per heavy atom. The van der Waals surface area contributed by atoms with Crippen LogP contribution in [0, 0.1) is 0 Å². The van der Waals surface area contributed by atoms with Gasteiger partial charge in [0.25, 0.3) is 5.56 Å². The van der Waals surface area contributed by atoms with E-state index >= 15 is 0 Å². The van der Waals surface area contributed by atoms with Gasteiger partial charge in [-0.2, -0.15) is 5.10 Å². The van der Waals surface area contributed by atoms with Gasteiger partial charge < -0.3 is 10.6 Å². The number of nitrogens with zero attached hydrogens (tertiary/aromatic N) is 2. The molecule has 20 heavy (non-hydrogen) atoms. The van der Waals surface area contributed by atoms with E-state index in [4.69, 9.17) is 11.6 Å². The number of halogens is 1. The number of carbonyl (C=O) groups excluding carboxylic acids is 1. The Balaban J connectivity index is 1.83. The van der Waals surface area contributed by atoms with Crippen LogP contribution in [0.5, 0.6) is 0 Å². The molecule has 2 N–H and O–H groups in total. The van der Waals surface area contributed by atoms with E-state index in [1.807, 2.05) is 0 Å². The van der Waals surface area contributed by atoms with Gasteiger partial charge in [0.05, 0.1) is 17.3 Å². The summed E-state index contributed by atoms with van der Waals surface area (Å²) in [5.74, 6) is 0. The quantitative estimate of drug-likeness (QED) is 0.901. The molecule has 1 heterocycles. The van der Waals surface area contributed by atoms with Gasteiger partial charge in [-0.05, 0) is 18.2 Å². The smallest absolute Gasteiger partial charge is 0.319 e. The Bertz CT molecular complexity index is 657. The number of anilines is 1. The highest BCUT2D eigenvalue weighted by Crippen LogP contribution is 2.19. The van der Waals surface area contributed by atoms with Crippen LogP contribution in [0.2, 0.25) is 5.02 Å². The van der Waals surface area contributed by atoms with Crippen LogP contribution in [0.1, 0.15) is 0 Å². The van der Waals surface area contributed by atoms with Crippen molar-refractivity contribution < 1.29 is 4.79 Å². The summed E-state index contributed by atoms with van der Waals surface area (Å²) in [6.45, 7) is 0.586. The first kappa shape index (κ1) is 14.1. The van der Waals surface area contributed by atoms with Crippen molar-refractivity contribution in [2.24, 2.45) is 0 Å². The minimum Gasteiger partial charge on any atom is -0.336 e. The summed E-state index contributed by atoms with van der Waals surface area (Å²) in [7, 11) is 0. The van der Waals surface area contributed by atoms with Gasteiger partial charge in [-0.15, -0.1) is 0 Å². The Kier molecular flexibility index (Phi) is 4.73. The highest BCUT2D eigenvalue weighted by molar-refractivity contribution is 6.33. The Hall–Kier alpha value is -2.34. The van der Waals surface area contributed by atoms with Crippen LogP contribution in [0.4, 0.5) is 10.5 Å². The van der Waals surface area contributed by atoms with Crippen molar-refractivity contribution in [1.82, 2.24) is 15.1 Å². The zero-order chi connectivity index (χ0) is 14.4. The monoisotopic (exact) mass is 292 g/mol. The first-order chi connectivity index (χ1) is 9.66. The van der Waals surface area contributed by atoms with E-state index in [0.717, 1.165) is 0 Å². The van der Waals surface area contributed by atoms with Gasteiger partial charge in [0.1, 0.15) is 0 Å². The van der Waals surface area contributed by atoms with Crippen LogP contribution in [0.3, 0.4) is 0 Å². The molecule has 0 spiro atoms. The zero-order valence-corrected chi connectivity index (χ0v) is 11.3. The lowest BCUT2D eigenvalue weighted by Gasteiger charge is -2.09. The number of para-hydroxylation sites is 1. The lowest BCUT2D eigenvalue weighted by molar-refractivity contribution is 0.251. The van der Waals surface area contributed by atoms with Crippen molar-refractivity contribution in [3.63, 3.8) is 0 Å². The first-order valence-electron chi connectivity index (χ1n) is 5.98. The maximum Gasteiger partial charge on any atom is 0.319 e. The van der Waals surface area contributed by atoms with E-state index in [-0.39, 0.29) is 18.1 Å². The number of carbonyl (C=O) groups is 1. The van der Waals surface area contributed by atoms with E-state index in [9.17, 15) is 9.59 Å². The number of hydrogen-bond acceptors (Lipinski definition) is 3. The Morgan fingerprint density at radius 3 is 2.80 bits per heavy atom. The van der Waals surface area contributed by atoms with E-state index in [1.165, 1.54) is 16.9 Å². The Labute approximate surface area is 120 Å². The van der Waals surface area contributed by atoms with Gasteiger partial charge in [0.15, 0.2) is 0 Å². The van der Waals surface area contributed by atoms with E-state index < -0.39 is 0 Å². The highest BCUT2D eigenvalue weighted by atomic mass is 35.5. The van der Waals surface area contributed by atoms with Crippen molar-refractivity contribution in [1.29, 1.82) is 0 Å². The van der Waals surface area contributed by atoms with Gasteiger partial charge >= 0.3 is 6.03 Å². The topological polar surface area (TPSA) is 76.0 Å². The molecule has 6 nitrogen and oxygen atoms in total.